The number of hydrogen-bond acceptors (Lipinski definition) is 2. The van der Waals surface area contributed by atoms with Crippen molar-refractivity contribution in [1.29, 1.82) is 0 Å². The van der Waals surface area contributed by atoms with Crippen LogP contribution in [0, 0.1) is 0 Å². The molecule has 0 saturated carbocycles. The Morgan fingerprint density at radius 1 is 1.18 bits per heavy atom. The monoisotopic (exact) mass is 156 g/mol. The van der Waals surface area contributed by atoms with E-state index in [1.165, 1.54) is 0 Å². The van der Waals surface area contributed by atoms with Gasteiger partial charge in [-0.1, -0.05) is 13.8 Å². The number of hydrogen-bond donors (Lipinski definition) is 0. The van der Waals surface area contributed by atoms with Gasteiger partial charge in [0.2, 0.25) is 0 Å². The average molecular weight is 156 g/mol. The minimum Gasteiger partial charge on any atom is -0.408 e. The molecule has 11 heavy (non-hydrogen) atoms. The van der Waals surface area contributed by atoms with Gasteiger partial charge in [-0.2, -0.15) is 0 Å². The van der Waals surface area contributed by atoms with Crippen LogP contribution >= 0.6 is 0 Å². The van der Waals surface area contributed by atoms with Gasteiger partial charge < -0.3 is 9.31 Å². The van der Waals surface area contributed by atoms with Crippen molar-refractivity contribution in [2.75, 3.05) is 0 Å². The van der Waals surface area contributed by atoms with Crippen LogP contribution in [0.15, 0.2) is 0 Å². The Balaban J connectivity index is 2.43. The Kier molecular flexibility index (Phi) is 2.96. The summed E-state index contributed by atoms with van der Waals surface area (Å²) >= 11 is 0. The van der Waals surface area contributed by atoms with Gasteiger partial charge in [0.1, 0.15) is 0 Å². The Labute approximate surface area is 69.4 Å². The molecule has 1 aliphatic heterocycles. The molecule has 1 aliphatic rings. The summed E-state index contributed by atoms with van der Waals surface area (Å²) in [6.45, 7) is 8.45. The van der Waals surface area contributed by atoms with Crippen molar-refractivity contribution in [3.05, 3.63) is 0 Å². The fraction of sp³-hybridized carbons (Fsp3) is 1.00. The zero-order chi connectivity index (χ0) is 8.43. The third-order valence-electron chi connectivity index (χ3n) is 1.94. The third kappa shape index (κ3) is 2.49. The molecule has 3 heteroatoms. The van der Waals surface area contributed by atoms with Gasteiger partial charge in [0.15, 0.2) is 0 Å². The number of rotatable bonds is 1. The second-order valence-electron chi connectivity index (χ2n) is 3.74. The fourth-order valence-electron chi connectivity index (χ4n) is 1.38. The van der Waals surface area contributed by atoms with E-state index in [0.29, 0.717) is 18.0 Å². The quantitative estimate of drug-likeness (QED) is 0.541. The fourth-order valence-corrected chi connectivity index (χ4v) is 1.38. The van der Waals surface area contributed by atoms with Crippen molar-refractivity contribution in [2.45, 2.75) is 52.1 Å². The van der Waals surface area contributed by atoms with E-state index >= 15 is 0 Å². The molecule has 1 fully saturated rings. The molecule has 1 heterocycles. The lowest BCUT2D eigenvalue weighted by atomic mass is 9.72. The first-order chi connectivity index (χ1) is 5.09. The molecule has 0 aromatic heterocycles. The van der Waals surface area contributed by atoms with Crippen LogP contribution in [0.1, 0.15) is 34.1 Å². The van der Waals surface area contributed by atoms with E-state index in [0.717, 1.165) is 6.42 Å². The van der Waals surface area contributed by atoms with E-state index in [4.69, 9.17) is 9.31 Å². The second kappa shape index (κ2) is 3.59. The van der Waals surface area contributed by atoms with Crippen molar-refractivity contribution in [3.63, 3.8) is 0 Å². The lowest BCUT2D eigenvalue weighted by Crippen LogP contribution is -2.40. The van der Waals surface area contributed by atoms with Gasteiger partial charge in [-0.05, 0) is 26.1 Å². The summed E-state index contributed by atoms with van der Waals surface area (Å²) in [7, 11) is 0.00810. The van der Waals surface area contributed by atoms with Gasteiger partial charge in [-0.25, -0.2) is 0 Å². The standard InChI is InChI=1S/C8H17BO2/c1-6(2)9-10-7(3)5-8(4)11-9/h6-8H,5H2,1-4H3. The molecule has 1 rings (SSSR count). The first kappa shape index (κ1) is 9.08. The minimum absolute atomic E-state index is 0.00810. The topological polar surface area (TPSA) is 18.5 Å². The maximum absolute atomic E-state index is 5.60. The molecule has 0 radical (unpaired) electrons. The molecular formula is C8H17BO2. The van der Waals surface area contributed by atoms with Crippen LogP contribution < -0.4 is 0 Å². The highest BCUT2D eigenvalue weighted by Gasteiger charge is 2.32. The summed E-state index contributed by atoms with van der Waals surface area (Å²) in [6.07, 6.45) is 1.72. The molecule has 0 aliphatic carbocycles. The molecule has 2 atom stereocenters. The summed E-state index contributed by atoms with van der Waals surface area (Å²) in [6, 6.07) is 0. The molecular weight excluding hydrogens is 139 g/mol. The molecule has 0 aromatic carbocycles. The third-order valence-corrected chi connectivity index (χ3v) is 1.94. The molecule has 2 unspecified atom stereocenters. The van der Waals surface area contributed by atoms with Crippen LogP contribution in [-0.4, -0.2) is 19.3 Å². The maximum Gasteiger partial charge on any atom is 0.460 e. The van der Waals surface area contributed by atoms with Crippen LogP contribution in [0.4, 0.5) is 0 Å². The molecule has 64 valence electrons. The van der Waals surface area contributed by atoms with Gasteiger partial charge in [0.05, 0.1) is 0 Å². The van der Waals surface area contributed by atoms with Crippen LogP contribution in [0.25, 0.3) is 0 Å². The predicted octanol–water partition coefficient (Wildman–Crippen LogP) is 2.10. The van der Waals surface area contributed by atoms with Crippen molar-refractivity contribution in [3.8, 4) is 0 Å². The zero-order valence-corrected chi connectivity index (χ0v) is 7.83. The highest BCUT2D eigenvalue weighted by molar-refractivity contribution is 6.46. The largest absolute Gasteiger partial charge is 0.460 e. The van der Waals surface area contributed by atoms with E-state index in [9.17, 15) is 0 Å². The smallest absolute Gasteiger partial charge is 0.408 e. The highest BCUT2D eigenvalue weighted by Crippen LogP contribution is 2.22. The molecule has 0 spiro atoms. The lowest BCUT2D eigenvalue weighted by molar-refractivity contribution is 0.0298. The van der Waals surface area contributed by atoms with Crippen molar-refractivity contribution in [2.24, 2.45) is 0 Å². The van der Waals surface area contributed by atoms with Crippen LogP contribution in [-0.2, 0) is 9.31 Å². The van der Waals surface area contributed by atoms with E-state index in [1.807, 2.05) is 0 Å². The zero-order valence-electron chi connectivity index (χ0n) is 7.83. The van der Waals surface area contributed by atoms with Gasteiger partial charge in [0, 0.05) is 12.2 Å². The molecule has 0 amide bonds. The SMILES string of the molecule is CC1CC(C)OB(C(C)C)O1. The van der Waals surface area contributed by atoms with Crippen molar-refractivity contribution in [1.82, 2.24) is 0 Å². The van der Waals surface area contributed by atoms with Gasteiger partial charge in [-0.3, -0.25) is 0 Å². The lowest BCUT2D eigenvalue weighted by Gasteiger charge is -2.32. The Hall–Kier alpha value is -0.0151. The van der Waals surface area contributed by atoms with Crippen LogP contribution in [0.3, 0.4) is 0 Å². The highest BCUT2D eigenvalue weighted by atomic mass is 16.6. The molecule has 0 bridgehead atoms. The second-order valence-corrected chi connectivity index (χ2v) is 3.74. The molecule has 0 aromatic rings. The van der Waals surface area contributed by atoms with E-state index in [1.54, 1.807) is 0 Å². The summed E-state index contributed by atoms with van der Waals surface area (Å²) in [5.74, 6) is 0.459. The minimum atomic E-state index is 0.00810. The molecule has 0 N–H and O–H groups in total. The first-order valence-corrected chi connectivity index (χ1v) is 4.40. The van der Waals surface area contributed by atoms with Gasteiger partial charge in [0.25, 0.3) is 0 Å². The van der Waals surface area contributed by atoms with Gasteiger partial charge in [-0.15, -0.1) is 0 Å². The molecule has 1 saturated heterocycles. The molecule has 2 nitrogen and oxygen atoms in total. The summed E-state index contributed by atoms with van der Waals surface area (Å²) < 4.78 is 11.2. The summed E-state index contributed by atoms with van der Waals surface area (Å²) in [4.78, 5) is 0. The van der Waals surface area contributed by atoms with Crippen molar-refractivity contribution >= 4 is 7.12 Å². The van der Waals surface area contributed by atoms with E-state index < -0.39 is 0 Å². The Morgan fingerprint density at radius 2 is 1.64 bits per heavy atom. The Bertz CT molecular complexity index is 117. The van der Waals surface area contributed by atoms with Crippen LogP contribution in [0.2, 0.25) is 5.82 Å². The van der Waals surface area contributed by atoms with E-state index in [-0.39, 0.29) is 7.12 Å². The normalized spacial score (nSPS) is 33.0. The first-order valence-electron chi connectivity index (χ1n) is 4.40. The van der Waals surface area contributed by atoms with Gasteiger partial charge >= 0.3 is 7.12 Å². The van der Waals surface area contributed by atoms with E-state index in [2.05, 4.69) is 27.7 Å². The summed E-state index contributed by atoms with van der Waals surface area (Å²) in [5.41, 5.74) is 0. The predicted molar refractivity (Wildman–Crippen MR) is 46.6 cm³/mol. The maximum atomic E-state index is 5.60. The summed E-state index contributed by atoms with van der Waals surface area (Å²) in [5, 5.41) is 0. The average Bonchev–Trinajstić information content (AvgIpc) is 1.85. The Morgan fingerprint density at radius 3 is 2.00 bits per heavy atom. The van der Waals surface area contributed by atoms with Crippen LogP contribution in [0.5, 0.6) is 0 Å². The van der Waals surface area contributed by atoms with Crippen molar-refractivity contribution < 1.29 is 9.31 Å².